The third-order valence-corrected chi connectivity index (χ3v) is 4.74. The quantitative estimate of drug-likeness (QED) is 0.746. The lowest BCUT2D eigenvalue weighted by molar-refractivity contribution is 0.587. The van der Waals surface area contributed by atoms with Crippen molar-refractivity contribution >= 4 is 10.0 Å². The standard InChI is InChI=1S/C14H12FN3O2S/c1-17-10-11(9-16-17)21(19,20)18-8-4-7-14(18)12-5-2-3-6-13(12)15/h2-10H,1H3. The second-order valence-electron chi connectivity index (χ2n) is 4.52. The molecule has 0 bridgehead atoms. The van der Waals surface area contributed by atoms with Crippen LogP contribution in [0.15, 0.2) is 59.9 Å². The van der Waals surface area contributed by atoms with Gasteiger partial charge in [0.25, 0.3) is 10.0 Å². The van der Waals surface area contributed by atoms with Gasteiger partial charge in [0.2, 0.25) is 0 Å². The van der Waals surface area contributed by atoms with E-state index < -0.39 is 15.8 Å². The highest BCUT2D eigenvalue weighted by Crippen LogP contribution is 2.26. The Labute approximate surface area is 121 Å². The predicted molar refractivity (Wildman–Crippen MR) is 75.6 cm³/mol. The van der Waals surface area contributed by atoms with Gasteiger partial charge < -0.3 is 0 Å². The SMILES string of the molecule is Cn1cc(S(=O)(=O)n2cccc2-c2ccccc2F)cn1. The Hall–Kier alpha value is -2.41. The number of hydrogen-bond acceptors (Lipinski definition) is 3. The Morgan fingerprint density at radius 2 is 1.90 bits per heavy atom. The van der Waals surface area contributed by atoms with Gasteiger partial charge in [0.1, 0.15) is 10.7 Å². The van der Waals surface area contributed by atoms with Crippen LogP contribution in [0.25, 0.3) is 11.3 Å². The number of nitrogens with zero attached hydrogens (tertiary/aromatic N) is 3. The fourth-order valence-corrected chi connectivity index (χ4v) is 3.44. The van der Waals surface area contributed by atoms with E-state index in [0.29, 0.717) is 0 Å². The Kier molecular flexibility index (Phi) is 3.13. The summed E-state index contributed by atoms with van der Waals surface area (Å²) in [6, 6.07) is 9.18. The van der Waals surface area contributed by atoms with E-state index in [1.54, 1.807) is 37.4 Å². The Bertz CT molecular complexity index is 896. The highest BCUT2D eigenvalue weighted by Gasteiger charge is 2.22. The van der Waals surface area contributed by atoms with Crippen molar-refractivity contribution in [1.29, 1.82) is 0 Å². The van der Waals surface area contributed by atoms with Gasteiger partial charge in [-0.15, -0.1) is 0 Å². The van der Waals surface area contributed by atoms with Gasteiger partial charge in [-0.1, -0.05) is 12.1 Å². The third kappa shape index (κ3) is 2.25. The molecular weight excluding hydrogens is 293 g/mol. The van der Waals surface area contributed by atoms with Crippen LogP contribution in [0.1, 0.15) is 0 Å². The number of halogens is 1. The highest BCUT2D eigenvalue weighted by atomic mass is 32.2. The normalized spacial score (nSPS) is 11.7. The van der Waals surface area contributed by atoms with E-state index in [-0.39, 0.29) is 16.2 Å². The van der Waals surface area contributed by atoms with Crippen molar-refractivity contribution in [1.82, 2.24) is 13.8 Å². The van der Waals surface area contributed by atoms with Crippen molar-refractivity contribution in [3.63, 3.8) is 0 Å². The zero-order valence-electron chi connectivity index (χ0n) is 11.1. The van der Waals surface area contributed by atoms with E-state index in [2.05, 4.69) is 5.10 Å². The summed E-state index contributed by atoms with van der Waals surface area (Å²) < 4.78 is 41.6. The van der Waals surface area contributed by atoms with Crippen LogP contribution in [0.2, 0.25) is 0 Å². The molecule has 1 aromatic carbocycles. The number of benzene rings is 1. The topological polar surface area (TPSA) is 56.9 Å². The van der Waals surface area contributed by atoms with Crippen molar-refractivity contribution < 1.29 is 12.8 Å². The van der Waals surface area contributed by atoms with Gasteiger partial charge >= 0.3 is 0 Å². The molecule has 5 nitrogen and oxygen atoms in total. The molecule has 2 heterocycles. The molecule has 0 fully saturated rings. The maximum absolute atomic E-state index is 13.9. The molecular formula is C14H12FN3O2S. The van der Waals surface area contributed by atoms with Gasteiger partial charge in [0.15, 0.2) is 0 Å². The van der Waals surface area contributed by atoms with Crippen molar-refractivity contribution in [3.05, 3.63) is 60.8 Å². The number of aryl methyl sites for hydroxylation is 1. The molecule has 0 N–H and O–H groups in total. The van der Waals surface area contributed by atoms with Crippen LogP contribution in [-0.2, 0) is 17.1 Å². The largest absolute Gasteiger partial charge is 0.274 e. The predicted octanol–water partition coefficient (Wildman–Crippen LogP) is 2.26. The summed E-state index contributed by atoms with van der Waals surface area (Å²) >= 11 is 0. The van der Waals surface area contributed by atoms with Crippen LogP contribution >= 0.6 is 0 Å². The van der Waals surface area contributed by atoms with Crippen molar-refractivity contribution in [3.8, 4) is 11.3 Å². The molecule has 0 aliphatic heterocycles. The summed E-state index contributed by atoms with van der Waals surface area (Å²) in [7, 11) is -2.17. The Morgan fingerprint density at radius 1 is 1.14 bits per heavy atom. The first kappa shape index (κ1) is 13.6. The lowest BCUT2D eigenvalue weighted by atomic mass is 10.1. The summed E-state index contributed by atoms with van der Waals surface area (Å²) in [5.41, 5.74) is 0.506. The van der Waals surface area contributed by atoms with Crippen LogP contribution in [0, 0.1) is 5.82 Å². The van der Waals surface area contributed by atoms with Gasteiger partial charge in [-0.25, -0.2) is 16.8 Å². The first-order valence-corrected chi connectivity index (χ1v) is 7.60. The second-order valence-corrected chi connectivity index (χ2v) is 6.34. The van der Waals surface area contributed by atoms with Crippen molar-refractivity contribution in [2.75, 3.05) is 0 Å². The molecule has 0 saturated heterocycles. The summed E-state index contributed by atoms with van der Waals surface area (Å²) in [4.78, 5) is 0.0544. The first-order valence-electron chi connectivity index (χ1n) is 6.16. The van der Waals surface area contributed by atoms with E-state index in [4.69, 9.17) is 0 Å². The fourth-order valence-electron chi connectivity index (χ4n) is 2.10. The first-order chi connectivity index (χ1) is 10.00. The molecule has 3 aromatic rings. The van der Waals surface area contributed by atoms with Crippen LogP contribution < -0.4 is 0 Å². The van der Waals surface area contributed by atoms with E-state index in [9.17, 15) is 12.8 Å². The molecule has 108 valence electrons. The average Bonchev–Trinajstić information content (AvgIpc) is 3.08. The molecule has 21 heavy (non-hydrogen) atoms. The van der Waals surface area contributed by atoms with Gasteiger partial charge in [-0.3, -0.25) is 4.68 Å². The van der Waals surface area contributed by atoms with E-state index in [0.717, 1.165) is 3.97 Å². The van der Waals surface area contributed by atoms with Crippen LogP contribution in [0.4, 0.5) is 4.39 Å². The van der Waals surface area contributed by atoms with E-state index in [1.165, 1.54) is 29.3 Å². The zero-order valence-corrected chi connectivity index (χ0v) is 12.0. The average molecular weight is 305 g/mol. The molecule has 0 unspecified atom stereocenters. The summed E-state index contributed by atoms with van der Waals surface area (Å²) in [6.07, 6.45) is 4.06. The molecule has 0 atom stereocenters. The molecule has 0 spiro atoms. The molecule has 3 rings (SSSR count). The van der Waals surface area contributed by atoms with Gasteiger partial charge in [-0.2, -0.15) is 5.10 Å². The van der Waals surface area contributed by atoms with E-state index >= 15 is 0 Å². The van der Waals surface area contributed by atoms with Gasteiger partial charge in [-0.05, 0) is 24.3 Å². The highest BCUT2D eigenvalue weighted by molar-refractivity contribution is 7.90. The van der Waals surface area contributed by atoms with Gasteiger partial charge in [0, 0.05) is 25.0 Å². The third-order valence-electron chi connectivity index (χ3n) is 3.10. The fraction of sp³-hybridized carbons (Fsp3) is 0.0714. The smallest absolute Gasteiger partial charge is 0.271 e. The molecule has 0 radical (unpaired) electrons. The maximum Gasteiger partial charge on any atom is 0.271 e. The molecule has 0 amide bonds. The monoisotopic (exact) mass is 305 g/mol. The number of rotatable bonds is 3. The minimum Gasteiger partial charge on any atom is -0.274 e. The molecule has 0 aliphatic carbocycles. The van der Waals surface area contributed by atoms with Crippen LogP contribution in [0.5, 0.6) is 0 Å². The number of hydrogen-bond donors (Lipinski definition) is 0. The van der Waals surface area contributed by atoms with Crippen molar-refractivity contribution in [2.45, 2.75) is 4.90 Å². The van der Waals surface area contributed by atoms with E-state index in [1.807, 2.05) is 0 Å². The maximum atomic E-state index is 13.9. The zero-order chi connectivity index (χ0) is 15.0. The minimum absolute atomic E-state index is 0.0544. The lowest BCUT2D eigenvalue weighted by Gasteiger charge is -2.09. The van der Waals surface area contributed by atoms with Crippen LogP contribution in [0.3, 0.4) is 0 Å². The van der Waals surface area contributed by atoms with Crippen LogP contribution in [-0.4, -0.2) is 22.2 Å². The molecule has 0 saturated carbocycles. The summed E-state index contributed by atoms with van der Waals surface area (Å²) in [5.74, 6) is -0.473. The Morgan fingerprint density at radius 3 is 2.57 bits per heavy atom. The molecule has 0 aliphatic rings. The Balaban J connectivity index is 2.18. The summed E-state index contributed by atoms with van der Waals surface area (Å²) in [6.45, 7) is 0. The number of aromatic nitrogens is 3. The van der Waals surface area contributed by atoms with Gasteiger partial charge in [0.05, 0.1) is 11.9 Å². The molecule has 7 heteroatoms. The molecule has 2 aromatic heterocycles. The second kappa shape index (κ2) is 4.85. The minimum atomic E-state index is -3.80. The summed E-state index contributed by atoms with van der Waals surface area (Å²) in [5, 5.41) is 3.86. The lowest BCUT2D eigenvalue weighted by Crippen LogP contribution is -2.12. The van der Waals surface area contributed by atoms with Crippen molar-refractivity contribution in [2.24, 2.45) is 7.05 Å².